The summed E-state index contributed by atoms with van der Waals surface area (Å²) in [6.07, 6.45) is -3.32. The third kappa shape index (κ3) is 9.60. The first kappa shape index (κ1) is 27.3. The van der Waals surface area contributed by atoms with Gasteiger partial charge in [0.15, 0.2) is 18.5 Å². The number of unbranched alkanes of at least 4 members (excludes halogenated alkanes) is 1. The minimum Gasteiger partial charge on any atom is -0.469 e. The maximum Gasteiger partial charge on any atom is 0.305 e. The van der Waals surface area contributed by atoms with Gasteiger partial charge in [-0.15, -0.1) is 0 Å². The van der Waals surface area contributed by atoms with E-state index >= 15 is 0 Å². The second-order valence-corrected chi connectivity index (χ2v) is 7.12. The molecule has 0 aromatic rings. The Labute approximate surface area is 186 Å². The fourth-order valence-electron chi connectivity index (χ4n) is 3.11. The van der Waals surface area contributed by atoms with Crippen LogP contribution in [0, 0.1) is 0 Å². The van der Waals surface area contributed by atoms with Crippen molar-refractivity contribution in [1.82, 2.24) is 5.32 Å². The van der Waals surface area contributed by atoms with Crippen LogP contribution in [0.3, 0.4) is 0 Å². The van der Waals surface area contributed by atoms with Gasteiger partial charge in [-0.3, -0.25) is 24.0 Å². The fraction of sp³-hybridized carbons (Fsp3) is 0.750. The van der Waals surface area contributed by atoms with Gasteiger partial charge in [0, 0.05) is 40.7 Å². The Hall–Kier alpha value is -2.73. The standard InChI is InChI=1S/C20H31NO11/c1-11(22)21-17-19(31-14(4)25)18(30-13(3)24)15(10-29-12(2)23)32-20(17)28-9-7-6-8-16(26)27-5/h15,17-20H,6-10H2,1-5H3,(H,21,22)/t15?,17?,18-,19+,20+/m0/s1. The second kappa shape index (κ2) is 13.6. The lowest BCUT2D eigenvalue weighted by Gasteiger charge is -2.44. The molecule has 182 valence electrons. The second-order valence-electron chi connectivity index (χ2n) is 7.12. The van der Waals surface area contributed by atoms with E-state index in [1.807, 2.05) is 0 Å². The van der Waals surface area contributed by atoms with Gasteiger partial charge < -0.3 is 33.7 Å². The SMILES string of the molecule is COC(=O)CCCCO[C@@H]1OC(COC(C)=O)[C@H](OC(C)=O)[C@H](OC(C)=O)C1NC(C)=O. The summed E-state index contributed by atoms with van der Waals surface area (Å²) >= 11 is 0. The summed E-state index contributed by atoms with van der Waals surface area (Å²) in [6.45, 7) is 4.61. The van der Waals surface area contributed by atoms with Crippen LogP contribution in [0.5, 0.6) is 0 Å². The molecule has 2 unspecified atom stereocenters. The van der Waals surface area contributed by atoms with Gasteiger partial charge in [0.25, 0.3) is 0 Å². The van der Waals surface area contributed by atoms with Gasteiger partial charge in [-0.2, -0.15) is 0 Å². The molecule has 1 amide bonds. The zero-order valence-corrected chi connectivity index (χ0v) is 18.9. The van der Waals surface area contributed by atoms with Crippen LogP contribution in [0.1, 0.15) is 47.0 Å². The van der Waals surface area contributed by atoms with E-state index < -0.39 is 54.5 Å². The molecule has 1 aliphatic rings. The summed E-state index contributed by atoms with van der Waals surface area (Å²) in [4.78, 5) is 57.8. The topological polar surface area (TPSA) is 153 Å². The summed E-state index contributed by atoms with van der Waals surface area (Å²) < 4.78 is 31.9. The van der Waals surface area contributed by atoms with E-state index in [9.17, 15) is 24.0 Å². The molecule has 12 nitrogen and oxygen atoms in total. The van der Waals surface area contributed by atoms with Gasteiger partial charge >= 0.3 is 23.9 Å². The van der Waals surface area contributed by atoms with Crippen LogP contribution in [0.25, 0.3) is 0 Å². The van der Waals surface area contributed by atoms with Crippen molar-refractivity contribution in [3.63, 3.8) is 0 Å². The number of amides is 1. The lowest BCUT2D eigenvalue weighted by atomic mass is 9.96. The number of esters is 4. The zero-order valence-electron chi connectivity index (χ0n) is 18.9. The highest BCUT2D eigenvalue weighted by Gasteiger charge is 2.51. The van der Waals surface area contributed by atoms with Crippen molar-refractivity contribution in [3.8, 4) is 0 Å². The first-order valence-electron chi connectivity index (χ1n) is 10.1. The Morgan fingerprint density at radius 1 is 0.875 bits per heavy atom. The van der Waals surface area contributed by atoms with Crippen LogP contribution in [-0.4, -0.2) is 80.8 Å². The normalized spacial score (nSPS) is 24.7. The molecule has 32 heavy (non-hydrogen) atoms. The maximum atomic E-state index is 11.8. The minimum atomic E-state index is -1.17. The molecule has 12 heteroatoms. The molecule has 0 aliphatic carbocycles. The van der Waals surface area contributed by atoms with Gasteiger partial charge in [-0.05, 0) is 12.8 Å². The molecule has 1 saturated heterocycles. The van der Waals surface area contributed by atoms with E-state index in [-0.39, 0.29) is 25.6 Å². The molecule has 1 rings (SSSR count). The first-order valence-corrected chi connectivity index (χ1v) is 10.1. The third-order valence-electron chi connectivity index (χ3n) is 4.36. The number of carbonyl (C=O) groups is 5. The predicted octanol–water partition coefficient (Wildman–Crippen LogP) is 0.00240. The van der Waals surface area contributed by atoms with Crippen molar-refractivity contribution in [3.05, 3.63) is 0 Å². The number of hydrogen-bond donors (Lipinski definition) is 1. The average Bonchev–Trinajstić information content (AvgIpc) is 2.69. The minimum absolute atomic E-state index is 0.142. The monoisotopic (exact) mass is 461 g/mol. The molecule has 0 radical (unpaired) electrons. The zero-order chi connectivity index (χ0) is 24.3. The van der Waals surface area contributed by atoms with E-state index in [4.69, 9.17) is 23.7 Å². The van der Waals surface area contributed by atoms with Crippen LogP contribution in [0.2, 0.25) is 0 Å². The van der Waals surface area contributed by atoms with Crippen LogP contribution in [-0.2, 0) is 52.4 Å². The molecular formula is C20H31NO11. The fourth-order valence-corrected chi connectivity index (χ4v) is 3.11. The summed E-state index contributed by atoms with van der Waals surface area (Å²) in [5, 5.41) is 2.60. The molecule has 0 aromatic carbocycles. The molecule has 1 heterocycles. The van der Waals surface area contributed by atoms with E-state index in [1.165, 1.54) is 21.0 Å². The number of hydrogen-bond acceptors (Lipinski definition) is 11. The van der Waals surface area contributed by atoms with E-state index in [1.54, 1.807) is 0 Å². The number of rotatable bonds is 11. The van der Waals surface area contributed by atoms with Crippen molar-refractivity contribution < 1.29 is 52.4 Å². The Morgan fingerprint density at radius 2 is 1.50 bits per heavy atom. The number of ether oxygens (including phenoxy) is 6. The predicted molar refractivity (Wildman–Crippen MR) is 106 cm³/mol. The first-order chi connectivity index (χ1) is 15.0. The van der Waals surface area contributed by atoms with Crippen molar-refractivity contribution in [2.45, 2.75) is 77.6 Å². The van der Waals surface area contributed by atoms with Gasteiger partial charge in [0.2, 0.25) is 5.91 Å². The Kier molecular flexibility index (Phi) is 11.6. The van der Waals surface area contributed by atoms with Crippen LogP contribution >= 0.6 is 0 Å². The molecule has 1 N–H and O–H groups in total. The number of methoxy groups -OCH3 is 1. The largest absolute Gasteiger partial charge is 0.469 e. The quantitative estimate of drug-likeness (QED) is 0.251. The van der Waals surface area contributed by atoms with Gasteiger partial charge in [-0.1, -0.05) is 0 Å². The lowest BCUT2D eigenvalue weighted by molar-refractivity contribution is -0.277. The van der Waals surface area contributed by atoms with E-state index in [0.29, 0.717) is 12.8 Å². The number of nitrogens with one attached hydrogen (secondary N) is 1. The molecule has 0 bridgehead atoms. The van der Waals surface area contributed by atoms with Gasteiger partial charge in [-0.25, -0.2) is 0 Å². The Bertz CT molecular complexity index is 680. The van der Waals surface area contributed by atoms with Crippen molar-refractivity contribution in [2.75, 3.05) is 20.3 Å². The van der Waals surface area contributed by atoms with Gasteiger partial charge in [0.05, 0.1) is 7.11 Å². The van der Waals surface area contributed by atoms with Crippen molar-refractivity contribution in [1.29, 1.82) is 0 Å². The van der Waals surface area contributed by atoms with Crippen molar-refractivity contribution >= 4 is 29.8 Å². The number of carbonyl (C=O) groups excluding carboxylic acids is 5. The molecule has 1 fully saturated rings. The molecule has 0 spiro atoms. The molecular weight excluding hydrogens is 430 g/mol. The molecule has 5 atom stereocenters. The third-order valence-corrected chi connectivity index (χ3v) is 4.36. The summed E-state index contributed by atoms with van der Waals surface area (Å²) in [5.41, 5.74) is 0. The highest BCUT2D eigenvalue weighted by molar-refractivity contribution is 5.73. The van der Waals surface area contributed by atoms with Crippen molar-refractivity contribution in [2.24, 2.45) is 0 Å². The lowest BCUT2D eigenvalue weighted by Crippen LogP contribution is -2.66. The summed E-state index contributed by atoms with van der Waals surface area (Å²) in [5.74, 6) is -2.78. The highest BCUT2D eigenvalue weighted by atomic mass is 16.7. The molecule has 0 aromatic heterocycles. The van der Waals surface area contributed by atoms with E-state index in [2.05, 4.69) is 10.1 Å². The molecule has 0 saturated carbocycles. The van der Waals surface area contributed by atoms with Crippen LogP contribution in [0.4, 0.5) is 0 Å². The van der Waals surface area contributed by atoms with Crippen LogP contribution in [0.15, 0.2) is 0 Å². The Balaban J connectivity index is 3.07. The van der Waals surface area contributed by atoms with Gasteiger partial charge in [0.1, 0.15) is 18.8 Å². The summed E-state index contributed by atoms with van der Waals surface area (Å²) in [7, 11) is 1.30. The summed E-state index contributed by atoms with van der Waals surface area (Å²) in [6, 6.07) is -1.02. The van der Waals surface area contributed by atoms with E-state index in [0.717, 1.165) is 13.8 Å². The van der Waals surface area contributed by atoms with Crippen LogP contribution < -0.4 is 5.32 Å². The Morgan fingerprint density at radius 3 is 2.03 bits per heavy atom. The highest BCUT2D eigenvalue weighted by Crippen LogP contribution is 2.28. The average molecular weight is 461 g/mol. The maximum absolute atomic E-state index is 11.8. The molecule has 1 aliphatic heterocycles. The smallest absolute Gasteiger partial charge is 0.305 e.